The molecule has 2 unspecified atom stereocenters. The van der Waals surface area contributed by atoms with Crippen molar-refractivity contribution in [1.82, 2.24) is 0 Å². The molecule has 0 aromatic rings. The van der Waals surface area contributed by atoms with Gasteiger partial charge in [-0.25, -0.2) is 9.18 Å². The summed E-state index contributed by atoms with van der Waals surface area (Å²) in [7, 11) is 0. The largest absolute Gasteiger partial charge is 0.478 e. The maximum atomic E-state index is 13.6. The van der Waals surface area contributed by atoms with Crippen molar-refractivity contribution in [2.24, 2.45) is 11.8 Å². The zero-order valence-electron chi connectivity index (χ0n) is 8.48. The molecule has 5 heteroatoms. The fraction of sp³-hybridized carbons (Fsp3) is 0.273. The number of carboxylic acid groups (broad SMARTS) is 1. The Morgan fingerprint density at radius 3 is 2.69 bits per heavy atom. The Labute approximate surface area is 96.9 Å². The molecule has 16 heavy (non-hydrogen) atoms. The van der Waals surface area contributed by atoms with Gasteiger partial charge in [0.25, 0.3) is 0 Å². The molecule has 0 radical (unpaired) electrons. The molecule has 0 saturated heterocycles. The van der Waals surface area contributed by atoms with Crippen molar-refractivity contribution in [3.8, 4) is 0 Å². The summed E-state index contributed by atoms with van der Waals surface area (Å²) in [5.41, 5.74) is 0. The molecule has 1 aliphatic rings. The second kappa shape index (κ2) is 5.07. The van der Waals surface area contributed by atoms with Gasteiger partial charge in [-0.1, -0.05) is 23.8 Å². The number of allylic oxidation sites excluding steroid dienone is 5. The summed E-state index contributed by atoms with van der Waals surface area (Å²) in [4.78, 5) is 21.6. The number of carboxylic acids is 1. The maximum Gasteiger partial charge on any atom is 0.328 e. The molecular formula is C11H10ClFO3. The highest BCUT2D eigenvalue weighted by Gasteiger charge is 2.29. The van der Waals surface area contributed by atoms with Gasteiger partial charge in [0.1, 0.15) is 11.6 Å². The second-order valence-corrected chi connectivity index (χ2v) is 3.82. The summed E-state index contributed by atoms with van der Waals surface area (Å²) in [6.07, 6.45) is 4.73. The van der Waals surface area contributed by atoms with E-state index in [0.29, 0.717) is 0 Å². The minimum absolute atomic E-state index is 0.0995. The summed E-state index contributed by atoms with van der Waals surface area (Å²) in [6, 6.07) is 0. The molecule has 0 aliphatic heterocycles. The Hall–Kier alpha value is -1.42. The highest BCUT2D eigenvalue weighted by molar-refractivity contribution is 6.31. The van der Waals surface area contributed by atoms with Crippen molar-refractivity contribution >= 4 is 23.4 Å². The predicted molar refractivity (Wildman–Crippen MR) is 57.6 cm³/mol. The lowest BCUT2D eigenvalue weighted by atomic mass is 9.84. The minimum atomic E-state index is -1.19. The van der Waals surface area contributed by atoms with Crippen molar-refractivity contribution in [3.05, 3.63) is 35.2 Å². The molecule has 0 spiro atoms. The molecule has 1 N–H and O–H groups in total. The first kappa shape index (κ1) is 12.6. The highest BCUT2D eigenvalue weighted by Crippen LogP contribution is 2.34. The van der Waals surface area contributed by atoms with Gasteiger partial charge in [0.05, 0.1) is 5.03 Å². The molecule has 1 rings (SSSR count). The standard InChI is InChI=1S/C11H10ClFO3/c1-6(14)7-2-4-9(12)11(13)8(7)3-5-10(15)16/h2-5,7-8H,1H3,(H,15,16)/b5-3+. The normalized spacial score (nSPS) is 25.2. The van der Waals surface area contributed by atoms with Crippen LogP contribution < -0.4 is 0 Å². The van der Waals surface area contributed by atoms with Crippen molar-refractivity contribution in [1.29, 1.82) is 0 Å². The van der Waals surface area contributed by atoms with Crippen LogP contribution in [0.15, 0.2) is 35.2 Å². The average molecular weight is 245 g/mol. The van der Waals surface area contributed by atoms with Gasteiger partial charge in [-0.3, -0.25) is 4.79 Å². The summed E-state index contributed by atoms with van der Waals surface area (Å²) in [5, 5.41) is 8.36. The molecule has 0 saturated carbocycles. The SMILES string of the molecule is CC(=O)C1C=CC(Cl)=C(F)C1/C=C/C(=O)O. The highest BCUT2D eigenvalue weighted by atomic mass is 35.5. The second-order valence-electron chi connectivity index (χ2n) is 3.41. The molecule has 0 bridgehead atoms. The van der Waals surface area contributed by atoms with Gasteiger partial charge in [-0.2, -0.15) is 0 Å². The van der Waals surface area contributed by atoms with Gasteiger partial charge in [0.15, 0.2) is 0 Å². The number of carbonyl (C=O) groups excluding carboxylic acids is 1. The van der Waals surface area contributed by atoms with Crippen LogP contribution in [0.25, 0.3) is 0 Å². The van der Waals surface area contributed by atoms with Crippen LogP contribution in [0.2, 0.25) is 0 Å². The Bertz CT molecular complexity index is 409. The van der Waals surface area contributed by atoms with E-state index < -0.39 is 23.6 Å². The van der Waals surface area contributed by atoms with Crippen molar-refractivity contribution in [2.75, 3.05) is 0 Å². The average Bonchev–Trinajstić information content (AvgIpc) is 2.19. The smallest absolute Gasteiger partial charge is 0.328 e. The van der Waals surface area contributed by atoms with Gasteiger partial charge in [-0.15, -0.1) is 0 Å². The summed E-state index contributed by atoms with van der Waals surface area (Å²) >= 11 is 5.57. The fourth-order valence-corrected chi connectivity index (χ4v) is 1.68. The number of halogens is 2. The molecule has 0 amide bonds. The summed E-state index contributed by atoms with van der Waals surface area (Å²) in [6.45, 7) is 1.32. The topological polar surface area (TPSA) is 54.4 Å². The zero-order valence-corrected chi connectivity index (χ0v) is 9.24. The van der Waals surface area contributed by atoms with Crippen molar-refractivity contribution < 1.29 is 19.1 Å². The van der Waals surface area contributed by atoms with E-state index in [1.54, 1.807) is 0 Å². The third-order valence-electron chi connectivity index (χ3n) is 2.27. The first-order valence-electron chi connectivity index (χ1n) is 4.58. The van der Waals surface area contributed by atoms with E-state index in [1.807, 2.05) is 0 Å². The molecule has 0 fully saturated rings. The molecule has 1 aliphatic carbocycles. The van der Waals surface area contributed by atoms with Gasteiger partial charge >= 0.3 is 5.97 Å². The van der Waals surface area contributed by atoms with Gasteiger partial charge < -0.3 is 5.11 Å². The molecule has 0 aromatic carbocycles. The quantitative estimate of drug-likeness (QED) is 0.776. The van der Waals surface area contributed by atoms with E-state index in [9.17, 15) is 14.0 Å². The van der Waals surface area contributed by atoms with Crippen LogP contribution in [-0.2, 0) is 9.59 Å². The minimum Gasteiger partial charge on any atom is -0.478 e. The van der Waals surface area contributed by atoms with E-state index in [4.69, 9.17) is 16.7 Å². The molecule has 0 aromatic heterocycles. The van der Waals surface area contributed by atoms with Crippen LogP contribution in [0, 0.1) is 11.8 Å². The van der Waals surface area contributed by atoms with Crippen LogP contribution >= 0.6 is 11.6 Å². The van der Waals surface area contributed by atoms with E-state index in [-0.39, 0.29) is 10.8 Å². The number of hydrogen-bond acceptors (Lipinski definition) is 2. The van der Waals surface area contributed by atoms with Gasteiger partial charge in [0.2, 0.25) is 0 Å². The lowest BCUT2D eigenvalue weighted by Crippen LogP contribution is -2.22. The summed E-state index contributed by atoms with van der Waals surface area (Å²) < 4.78 is 13.6. The van der Waals surface area contributed by atoms with Crippen LogP contribution in [0.1, 0.15) is 6.92 Å². The molecule has 2 atom stereocenters. The Morgan fingerprint density at radius 2 is 2.19 bits per heavy atom. The van der Waals surface area contributed by atoms with Crippen LogP contribution in [0.4, 0.5) is 4.39 Å². The zero-order chi connectivity index (χ0) is 12.3. The van der Waals surface area contributed by atoms with E-state index in [0.717, 1.165) is 12.2 Å². The van der Waals surface area contributed by atoms with Crippen LogP contribution in [0.3, 0.4) is 0 Å². The first-order valence-corrected chi connectivity index (χ1v) is 4.96. The van der Waals surface area contributed by atoms with Gasteiger partial charge in [0, 0.05) is 17.9 Å². The monoisotopic (exact) mass is 244 g/mol. The van der Waals surface area contributed by atoms with Crippen molar-refractivity contribution in [2.45, 2.75) is 6.92 Å². The Morgan fingerprint density at radius 1 is 1.56 bits per heavy atom. The number of carbonyl (C=O) groups is 2. The van der Waals surface area contributed by atoms with Crippen molar-refractivity contribution in [3.63, 3.8) is 0 Å². The lowest BCUT2D eigenvalue weighted by molar-refractivity contribution is -0.131. The number of rotatable bonds is 3. The number of hydrogen-bond donors (Lipinski definition) is 1. The van der Waals surface area contributed by atoms with Crippen LogP contribution in [-0.4, -0.2) is 16.9 Å². The third-order valence-corrected chi connectivity index (χ3v) is 2.58. The molecule has 3 nitrogen and oxygen atoms in total. The number of aliphatic carboxylic acids is 1. The summed E-state index contributed by atoms with van der Waals surface area (Å²) in [5.74, 6) is -3.73. The van der Waals surface area contributed by atoms with Gasteiger partial charge in [-0.05, 0) is 13.0 Å². The van der Waals surface area contributed by atoms with E-state index in [2.05, 4.69) is 0 Å². The first-order chi connectivity index (χ1) is 7.43. The lowest BCUT2D eigenvalue weighted by Gasteiger charge is -2.21. The van der Waals surface area contributed by atoms with E-state index >= 15 is 0 Å². The number of Topliss-reactive ketones (excluding diaryl/α,β-unsaturated/α-hetero) is 1. The Kier molecular flexibility index (Phi) is 4.01. The molecular weight excluding hydrogens is 235 g/mol. The number of ketones is 1. The molecule has 0 heterocycles. The third kappa shape index (κ3) is 2.79. The Balaban J connectivity index is 3.03. The maximum absolute atomic E-state index is 13.6. The fourth-order valence-electron chi connectivity index (χ4n) is 1.48. The predicted octanol–water partition coefficient (Wildman–Crippen LogP) is 2.44. The molecule has 86 valence electrons. The van der Waals surface area contributed by atoms with Crippen LogP contribution in [0.5, 0.6) is 0 Å². The van der Waals surface area contributed by atoms with E-state index in [1.165, 1.54) is 19.1 Å².